The smallest absolute Gasteiger partial charge is 0.387 e. The molecule has 1 aromatic carbocycles. The summed E-state index contributed by atoms with van der Waals surface area (Å²) >= 11 is 0. The molecule has 1 saturated heterocycles. The van der Waals surface area contributed by atoms with Crippen LogP contribution in [0.4, 0.5) is 28.9 Å². The van der Waals surface area contributed by atoms with Crippen molar-refractivity contribution in [2.75, 3.05) is 29.9 Å². The predicted octanol–water partition coefficient (Wildman–Crippen LogP) is 3.19. The van der Waals surface area contributed by atoms with Crippen LogP contribution >= 0.6 is 0 Å². The van der Waals surface area contributed by atoms with Crippen LogP contribution in [-0.2, 0) is 6.54 Å². The van der Waals surface area contributed by atoms with Crippen molar-refractivity contribution in [3.8, 4) is 0 Å². The number of anilines is 2. The zero-order valence-electron chi connectivity index (χ0n) is 22.4. The lowest BCUT2D eigenvalue weighted by molar-refractivity contribution is -0.221. The van der Waals surface area contributed by atoms with Crippen molar-refractivity contribution in [3.63, 3.8) is 0 Å². The lowest BCUT2D eigenvalue weighted by atomic mass is 9.90. The Kier molecular flexibility index (Phi) is 7.40. The Balaban J connectivity index is 1.45. The van der Waals surface area contributed by atoms with E-state index in [0.717, 1.165) is 0 Å². The molecule has 220 valence electrons. The molecule has 2 aliphatic rings. The van der Waals surface area contributed by atoms with Gasteiger partial charge in [-0.3, -0.25) is 9.59 Å². The van der Waals surface area contributed by atoms with Gasteiger partial charge in [-0.2, -0.15) is 18.3 Å². The summed E-state index contributed by atoms with van der Waals surface area (Å²) in [6.45, 7) is 2.61. The third-order valence-electron chi connectivity index (χ3n) is 7.68. The van der Waals surface area contributed by atoms with E-state index in [9.17, 15) is 37.4 Å². The first kappa shape index (κ1) is 28.7. The van der Waals surface area contributed by atoms with Crippen LogP contribution in [0.5, 0.6) is 0 Å². The van der Waals surface area contributed by atoms with Gasteiger partial charge in [0.15, 0.2) is 11.8 Å². The standard InChI is InChI=1S/C27H30F4N6O4/c1-26(2,41)21(28)14-36-13-16-10-19(34-24(39)18-12-33-37-7-3-6-32-23(18)37)20(11-17(16)25(36)40)35-8-4-15(5-9-35)22(38)27(29,30)31/h3,6-7,10-12,15,21-22,38,41H,4-5,8-9,13-14H2,1-2H3,(H,34,39)/t21?,22-/m0/s1. The number of aliphatic hydroxyl groups excluding tert-OH is 1. The molecular weight excluding hydrogens is 548 g/mol. The average Bonchev–Trinajstić information content (AvgIpc) is 3.48. The monoisotopic (exact) mass is 578 g/mol. The van der Waals surface area contributed by atoms with Crippen LogP contribution in [0, 0.1) is 5.92 Å². The Bertz CT molecular complexity index is 1460. The molecule has 0 aliphatic carbocycles. The highest BCUT2D eigenvalue weighted by atomic mass is 19.4. The van der Waals surface area contributed by atoms with Gasteiger partial charge in [0.2, 0.25) is 0 Å². The Morgan fingerprint density at radius 3 is 2.59 bits per heavy atom. The molecule has 0 saturated carbocycles. The number of benzene rings is 1. The van der Waals surface area contributed by atoms with Crippen molar-refractivity contribution in [2.45, 2.75) is 57.3 Å². The number of halogens is 4. The first-order valence-corrected chi connectivity index (χ1v) is 13.2. The van der Waals surface area contributed by atoms with Crippen LogP contribution in [0.25, 0.3) is 5.65 Å². The number of nitrogens with one attached hydrogen (secondary N) is 1. The molecular formula is C27H30F4N6O4. The van der Waals surface area contributed by atoms with Crippen LogP contribution in [0.1, 0.15) is 53.0 Å². The van der Waals surface area contributed by atoms with Gasteiger partial charge in [-0.1, -0.05) is 0 Å². The van der Waals surface area contributed by atoms with Gasteiger partial charge in [0.25, 0.3) is 11.8 Å². The maximum Gasteiger partial charge on any atom is 0.414 e. The molecule has 2 atom stereocenters. The Morgan fingerprint density at radius 1 is 1.22 bits per heavy atom. The van der Waals surface area contributed by atoms with Crippen molar-refractivity contribution in [3.05, 3.63) is 53.5 Å². The Morgan fingerprint density at radius 2 is 1.93 bits per heavy atom. The second-order valence-corrected chi connectivity index (χ2v) is 11.0. The van der Waals surface area contributed by atoms with E-state index in [4.69, 9.17) is 0 Å². The Labute approximate surface area is 232 Å². The highest BCUT2D eigenvalue weighted by molar-refractivity contribution is 6.10. The summed E-state index contributed by atoms with van der Waals surface area (Å²) in [6.07, 6.45) is -4.29. The summed E-state index contributed by atoms with van der Waals surface area (Å²) in [6, 6.07) is 4.81. The van der Waals surface area contributed by atoms with Crippen molar-refractivity contribution in [1.29, 1.82) is 0 Å². The minimum absolute atomic E-state index is 0.0400. The molecule has 2 aromatic heterocycles. The van der Waals surface area contributed by atoms with E-state index >= 15 is 0 Å². The number of piperidine rings is 1. The minimum atomic E-state index is -4.73. The molecule has 0 bridgehead atoms. The number of aromatic nitrogens is 3. The van der Waals surface area contributed by atoms with E-state index in [1.54, 1.807) is 29.3 Å². The SMILES string of the molecule is CC(C)(O)C(F)CN1Cc2cc(NC(=O)c3cnn4cccnc34)c(N3CCC([C@H](O)C(F)(F)F)CC3)cc2C1=O. The van der Waals surface area contributed by atoms with E-state index in [2.05, 4.69) is 15.4 Å². The molecule has 0 spiro atoms. The van der Waals surface area contributed by atoms with Gasteiger partial charge in [-0.05, 0) is 56.4 Å². The number of amides is 2. The normalized spacial score (nSPS) is 18.1. The lowest BCUT2D eigenvalue weighted by Gasteiger charge is -2.37. The number of carbonyl (C=O) groups is 2. The van der Waals surface area contributed by atoms with Crippen LogP contribution in [0.3, 0.4) is 0 Å². The first-order valence-electron chi connectivity index (χ1n) is 13.2. The van der Waals surface area contributed by atoms with E-state index in [-0.39, 0.29) is 50.1 Å². The number of carbonyl (C=O) groups excluding carboxylic acids is 2. The molecule has 10 nitrogen and oxygen atoms in total. The van der Waals surface area contributed by atoms with Crippen molar-refractivity contribution in [1.82, 2.24) is 19.5 Å². The fraction of sp³-hybridized carbons (Fsp3) is 0.481. The number of nitrogens with zero attached hydrogens (tertiary/aromatic N) is 5. The van der Waals surface area contributed by atoms with Crippen molar-refractivity contribution >= 4 is 28.8 Å². The molecule has 1 unspecified atom stereocenters. The number of rotatable bonds is 7. The average molecular weight is 579 g/mol. The number of alkyl halides is 4. The summed E-state index contributed by atoms with van der Waals surface area (Å²) in [4.78, 5) is 33.8. The summed E-state index contributed by atoms with van der Waals surface area (Å²) in [7, 11) is 0. The van der Waals surface area contributed by atoms with Crippen LogP contribution < -0.4 is 10.2 Å². The van der Waals surface area contributed by atoms with Crippen molar-refractivity contribution < 1.29 is 37.4 Å². The van der Waals surface area contributed by atoms with Gasteiger partial charge in [0, 0.05) is 37.6 Å². The molecule has 3 aromatic rings. The maximum atomic E-state index is 14.6. The zero-order valence-corrected chi connectivity index (χ0v) is 22.4. The second kappa shape index (κ2) is 10.6. The summed E-state index contributed by atoms with van der Waals surface area (Å²) in [5, 5.41) is 26.7. The fourth-order valence-electron chi connectivity index (χ4n) is 5.24. The third kappa shape index (κ3) is 5.71. The third-order valence-corrected chi connectivity index (χ3v) is 7.68. The molecule has 5 rings (SSSR count). The summed E-state index contributed by atoms with van der Waals surface area (Å²) in [5.41, 5.74) is 0.369. The molecule has 0 radical (unpaired) electrons. The van der Waals surface area contributed by atoms with Crippen molar-refractivity contribution in [2.24, 2.45) is 5.92 Å². The molecule has 2 aliphatic heterocycles. The van der Waals surface area contributed by atoms with Gasteiger partial charge in [0.1, 0.15) is 11.7 Å². The summed E-state index contributed by atoms with van der Waals surface area (Å²) < 4.78 is 55.3. The topological polar surface area (TPSA) is 123 Å². The highest BCUT2D eigenvalue weighted by Crippen LogP contribution is 2.39. The van der Waals surface area contributed by atoms with Crippen LogP contribution in [0.15, 0.2) is 36.8 Å². The fourth-order valence-corrected chi connectivity index (χ4v) is 5.24. The summed E-state index contributed by atoms with van der Waals surface area (Å²) in [5.74, 6) is -1.97. The van der Waals surface area contributed by atoms with E-state index < -0.39 is 41.8 Å². The molecule has 3 N–H and O–H groups in total. The lowest BCUT2D eigenvalue weighted by Crippen LogP contribution is -2.43. The van der Waals surface area contributed by atoms with Crippen LogP contribution in [-0.4, -0.2) is 85.2 Å². The Hall–Kier alpha value is -3.78. The zero-order chi connectivity index (χ0) is 29.7. The van der Waals surface area contributed by atoms with Gasteiger partial charge in [-0.15, -0.1) is 0 Å². The first-order chi connectivity index (χ1) is 19.2. The number of aliphatic hydroxyl groups is 2. The van der Waals surface area contributed by atoms with Gasteiger partial charge in [0.05, 0.1) is 29.7 Å². The maximum absolute atomic E-state index is 14.6. The molecule has 4 heterocycles. The van der Waals surface area contributed by atoms with Crippen LogP contribution in [0.2, 0.25) is 0 Å². The van der Waals surface area contributed by atoms with E-state index in [1.807, 2.05) is 0 Å². The number of hydrogen-bond acceptors (Lipinski definition) is 7. The van der Waals surface area contributed by atoms with Gasteiger partial charge in [-0.25, -0.2) is 13.9 Å². The molecule has 1 fully saturated rings. The molecule has 2 amide bonds. The second-order valence-electron chi connectivity index (χ2n) is 11.0. The quantitative estimate of drug-likeness (QED) is 0.368. The van der Waals surface area contributed by atoms with Gasteiger partial charge >= 0.3 is 6.18 Å². The van der Waals surface area contributed by atoms with E-state index in [0.29, 0.717) is 22.6 Å². The molecule has 14 heteroatoms. The van der Waals surface area contributed by atoms with Gasteiger partial charge < -0.3 is 25.3 Å². The van der Waals surface area contributed by atoms with E-state index in [1.165, 1.54) is 35.7 Å². The highest BCUT2D eigenvalue weighted by Gasteiger charge is 2.44. The predicted molar refractivity (Wildman–Crippen MR) is 140 cm³/mol. The number of fused-ring (bicyclic) bond motifs is 2. The number of hydrogen-bond donors (Lipinski definition) is 3. The minimum Gasteiger partial charge on any atom is -0.387 e. The largest absolute Gasteiger partial charge is 0.414 e. The molecule has 41 heavy (non-hydrogen) atoms.